The molecule has 0 aliphatic carbocycles. The smallest absolute Gasteiger partial charge is 0.180 e. The molecule has 1 aliphatic rings. The Morgan fingerprint density at radius 2 is 1.80 bits per heavy atom. The standard InChI is InChI=1S/C15H14O.C5H4N4/c1-2-6-12(7-3-1)15-11-10-13-8-4-5-9-14(13)16-15;1-4-5(8-2-6-1)9-3-7-4/h1-9,15H,10-11H2;1-3H,(H,6,7,8,9). The van der Waals surface area contributed by atoms with Gasteiger partial charge in [-0.15, -0.1) is 0 Å². The van der Waals surface area contributed by atoms with Crippen molar-refractivity contribution in [1.82, 2.24) is 19.9 Å². The SMILES string of the molecule is c1ccc(C2CCc3ccccc3O2)cc1.c1ncc2[nH]cnc2n1. The van der Waals surface area contributed by atoms with Crippen LogP contribution in [-0.4, -0.2) is 19.9 Å². The molecular weight excluding hydrogens is 312 g/mol. The highest BCUT2D eigenvalue weighted by atomic mass is 16.5. The summed E-state index contributed by atoms with van der Waals surface area (Å²) in [4.78, 5) is 14.5. The first kappa shape index (κ1) is 15.3. The molecule has 5 rings (SSSR count). The van der Waals surface area contributed by atoms with E-state index >= 15 is 0 Å². The van der Waals surface area contributed by atoms with Crippen LogP contribution in [0.4, 0.5) is 0 Å². The Hall–Kier alpha value is -3.21. The fourth-order valence-electron chi connectivity index (χ4n) is 2.92. The predicted octanol–water partition coefficient (Wildman–Crippen LogP) is 4.11. The van der Waals surface area contributed by atoms with E-state index in [-0.39, 0.29) is 6.10 Å². The van der Waals surface area contributed by atoms with Crippen LogP contribution < -0.4 is 4.74 Å². The van der Waals surface area contributed by atoms with E-state index in [1.807, 2.05) is 12.1 Å². The monoisotopic (exact) mass is 330 g/mol. The minimum absolute atomic E-state index is 0.219. The zero-order chi connectivity index (χ0) is 16.9. The number of para-hydroxylation sites is 1. The number of ether oxygens (including phenoxy) is 1. The summed E-state index contributed by atoms with van der Waals surface area (Å²) < 4.78 is 6.02. The molecule has 5 heteroatoms. The van der Waals surface area contributed by atoms with Gasteiger partial charge in [0.25, 0.3) is 0 Å². The zero-order valence-corrected chi connectivity index (χ0v) is 13.7. The van der Waals surface area contributed by atoms with Crippen molar-refractivity contribution in [2.24, 2.45) is 0 Å². The second-order valence-corrected chi connectivity index (χ2v) is 5.83. The molecule has 0 fully saturated rings. The highest BCUT2D eigenvalue weighted by molar-refractivity contribution is 5.67. The van der Waals surface area contributed by atoms with Gasteiger partial charge in [-0.1, -0.05) is 48.5 Å². The molecule has 1 N–H and O–H groups in total. The van der Waals surface area contributed by atoms with Gasteiger partial charge in [0.1, 0.15) is 23.7 Å². The lowest BCUT2D eigenvalue weighted by Gasteiger charge is -2.26. The number of hydrogen-bond donors (Lipinski definition) is 1. The van der Waals surface area contributed by atoms with E-state index < -0.39 is 0 Å². The summed E-state index contributed by atoms with van der Waals surface area (Å²) in [5, 5.41) is 0. The summed E-state index contributed by atoms with van der Waals surface area (Å²) in [6.07, 6.45) is 7.16. The molecule has 25 heavy (non-hydrogen) atoms. The zero-order valence-electron chi connectivity index (χ0n) is 13.7. The van der Waals surface area contributed by atoms with Gasteiger partial charge in [0, 0.05) is 0 Å². The second-order valence-electron chi connectivity index (χ2n) is 5.83. The normalized spacial score (nSPS) is 15.6. The van der Waals surface area contributed by atoms with Crippen molar-refractivity contribution >= 4 is 11.2 Å². The number of aromatic amines is 1. The maximum Gasteiger partial charge on any atom is 0.180 e. The number of nitrogens with zero attached hydrogens (tertiary/aromatic N) is 3. The molecule has 0 saturated carbocycles. The summed E-state index contributed by atoms with van der Waals surface area (Å²) in [7, 11) is 0. The van der Waals surface area contributed by atoms with Crippen LogP contribution in [0.5, 0.6) is 5.75 Å². The van der Waals surface area contributed by atoms with Crippen LogP contribution in [0.3, 0.4) is 0 Å². The summed E-state index contributed by atoms with van der Waals surface area (Å²) in [6.45, 7) is 0. The third-order valence-electron chi connectivity index (χ3n) is 4.19. The van der Waals surface area contributed by atoms with E-state index in [0.717, 1.165) is 24.1 Å². The minimum atomic E-state index is 0.219. The number of hydrogen-bond acceptors (Lipinski definition) is 4. The first-order valence-electron chi connectivity index (χ1n) is 8.29. The van der Waals surface area contributed by atoms with Crippen molar-refractivity contribution in [1.29, 1.82) is 0 Å². The van der Waals surface area contributed by atoms with Crippen molar-refractivity contribution in [3.8, 4) is 5.75 Å². The van der Waals surface area contributed by atoms with Gasteiger partial charge < -0.3 is 9.72 Å². The molecule has 0 radical (unpaired) electrons. The molecule has 3 heterocycles. The Morgan fingerprint density at radius 1 is 0.960 bits per heavy atom. The third kappa shape index (κ3) is 3.50. The minimum Gasteiger partial charge on any atom is -0.485 e. The summed E-state index contributed by atoms with van der Waals surface area (Å²) >= 11 is 0. The lowest BCUT2D eigenvalue weighted by atomic mass is 9.98. The number of fused-ring (bicyclic) bond motifs is 2. The van der Waals surface area contributed by atoms with Crippen LogP contribution in [0.25, 0.3) is 11.2 Å². The van der Waals surface area contributed by atoms with Gasteiger partial charge in [-0.3, -0.25) is 0 Å². The number of benzene rings is 2. The first-order valence-corrected chi connectivity index (χ1v) is 8.29. The van der Waals surface area contributed by atoms with Crippen LogP contribution in [-0.2, 0) is 6.42 Å². The molecule has 1 atom stereocenters. The quantitative estimate of drug-likeness (QED) is 0.570. The fraction of sp³-hybridized carbons (Fsp3) is 0.150. The van der Waals surface area contributed by atoms with E-state index in [1.54, 1.807) is 12.5 Å². The molecule has 5 nitrogen and oxygen atoms in total. The first-order chi connectivity index (χ1) is 12.4. The van der Waals surface area contributed by atoms with E-state index in [1.165, 1.54) is 17.5 Å². The van der Waals surface area contributed by atoms with Crippen molar-refractivity contribution < 1.29 is 4.74 Å². The Balaban J connectivity index is 0.000000147. The number of nitrogens with one attached hydrogen (secondary N) is 1. The molecule has 0 spiro atoms. The molecule has 2 aromatic heterocycles. The Bertz CT molecular complexity index is 922. The van der Waals surface area contributed by atoms with E-state index in [9.17, 15) is 0 Å². The van der Waals surface area contributed by atoms with E-state index in [4.69, 9.17) is 4.74 Å². The highest BCUT2D eigenvalue weighted by Crippen LogP contribution is 2.34. The molecule has 2 aromatic carbocycles. The number of aryl methyl sites for hydroxylation is 1. The summed E-state index contributed by atoms with van der Waals surface area (Å²) in [6, 6.07) is 18.8. The van der Waals surface area contributed by atoms with Gasteiger partial charge in [0.2, 0.25) is 0 Å². The average Bonchev–Trinajstić information content (AvgIpc) is 3.18. The molecule has 4 aromatic rings. The van der Waals surface area contributed by atoms with Gasteiger partial charge in [-0.25, -0.2) is 15.0 Å². The van der Waals surface area contributed by atoms with Gasteiger partial charge in [0.15, 0.2) is 5.65 Å². The fourth-order valence-corrected chi connectivity index (χ4v) is 2.92. The van der Waals surface area contributed by atoms with Crippen molar-refractivity contribution in [2.75, 3.05) is 0 Å². The third-order valence-corrected chi connectivity index (χ3v) is 4.19. The van der Waals surface area contributed by atoms with Crippen LogP contribution in [0, 0.1) is 0 Å². The molecule has 124 valence electrons. The van der Waals surface area contributed by atoms with Crippen molar-refractivity contribution in [3.05, 3.63) is 84.6 Å². The molecule has 0 saturated heterocycles. The average molecular weight is 330 g/mol. The van der Waals surface area contributed by atoms with Crippen molar-refractivity contribution in [3.63, 3.8) is 0 Å². The molecule has 0 amide bonds. The number of rotatable bonds is 1. The van der Waals surface area contributed by atoms with Gasteiger partial charge in [-0.05, 0) is 30.0 Å². The maximum atomic E-state index is 6.02. The van der Waals surface area contributed by atoms with Gasteiger partial charge in [-0.2, -0.15) is 0 Å². The molecule has 1 aliphatic heterocycles. The van der Waals surface area contributed by atoms with Crippen molar-refractivity contribution in [2.45, 2.75) is 18.9 Å². The lowest BCUT2D eigenvalue weighted by Crippen LogP contribution is -2.14. The maximum absolute atomic E-state index is 6.02. The number of H-pyrrole nitrogens is 1. The largest absolute Gasteiger partial charge is 0.485 e. The van der Waals surface area contributed by atoms with Crippen LogP contribution in [0.1, 0.15) is 23.7 Å². The van der Waals surface area contributed by atoms with Crippen LogP contribution >= 0.6 is 0 Å². The second kappa shape index (κ2) is 7.13. The summed E-state index contributed by atoms with van der Waals surface area (Å²) in [5.74, 6) is 1.04. The highest BCUT2D eigenvalue weighted by Gasteiger charge is 2.20. The topological polar surface area (TPSA) is 63.7 Å². The van der Waals surface area contributed by atoms with E-state index in [0.29, 0.717) is 5.65 Å². The number of aromatic nitrogens is 4. The number of imidazole rings is 1. The van der Waals surface area contributed by atoms with E-state index in [2.05, 4.69) is 62.4 Å². The molecule has 1 unspecified atom stereocenters. The van der Waals surface area contributed by atoms with Crippen LogP contribution in [0.15, 0.2) is 73.4 Å². The molecular formula is C20H18N4O. The Morgan fingerprint density at radius 3 is 2.68 bits per heavy atom. The van der Waals surface area contributed by atoms with Gasteiger partial charge >= 0.3 is 0 Å². The summed E-state index contributed by atoms with van der Waals surface area (Å²) in [5.41, 5.74) is 4.19. The van der Waals surface area contributed by atoms with Crippen LogP contribution in [0.2, 0.25) is 0 Å². The molecule has 0 bridgehead atoms. The Labute approximate surface area is 145 Å². The van der Waals surface area contributed by atoms with Gasteiger partial charge in [0.05, 0.1) is 12.5 Å². The Kier molecular flexibility index (Phi) is 4.37. The predicted molar refractivity (Wildman–Crippen MR) is 96.3 cm³/mol. The lowest BCUT2D eigenvalue weighted by molar-refractivity contribution is 0.176.